The summed E-state index contributed by atoms with van der Waals surface area (Å²) in [6, 6.07) is 3.36. The van der Waals surface area contributed by atoms with Crippen LogP contribution in [0, 0.1) is 12.7 Å². The molecule has 130 valence electrons. The molecule has 24 heavy (non-hydrogen) atoms. The number of methoxy groups -OCH3 is 1. The molecule has 0 radical (unpaired) electrons. The third-order valence-corrected chi connectivity index (χ3v) is 3.62. The van der Waals surface area contributed by atoms with E-state index in [1.165, 1.54) is 19.2 Å². The lowest BCUT2D eigenvalue weighted by Gasteiger charge is -2.26. The van der Waals surface area contributed by atoms with Crippen LogP contribution in [0.5, 0.6) is 0 Å². The van der Waals surface area contributed by atoms with E-state index in [-0.39, 0.29) is 19.0 Å². The zero-order valence-electron chi connectivity index (χ0n) is 13.8. The summed E-state index contributed by atoms with van der Waals surface area (Å²) in [5.41, 5.74) is 0.898. The lowest BCUT2D eigenvalue weighted by molar-refractivity contribution is -0.144. The Hall–Kier alpha value is -2.32. The molecule has 0 aliphatic heterocycles. The van der Waals surface area contributed by atoms with E-state index in [1.807, 2.05) is 6.92 Å². The highest BCUT2D eigenvalue weighted by Crippen LogP contribution is 2.24. The number of nitrogens with zero attached hydrogens (tertiary/aromatic N) is 3. The average Bonchev–Trinajstić information content (AvgIpc) is 2.97. The van der Waals surface area contributed by atoms with Gasteiger partial charge in [-0.1, -0.05) is 24.2 Å². The maximum atomic E-state index is 13.5. The molecule has 0 saturated carbocycles. The van der Waals surface area contributed by atoms with Crippen LogP contribution in [0.25, 0.3) is 0 Å². The number of benzene rings is 1. The Bertz CT molecular complexity index is 704. The van der Waals surface area contributed by atoms with Gasteiger partial charge >= 0.3 is 5.97 Å². The van der Waals surface area contributed by atoms with E-state index in [2.05, 4.69) is 10.1 Å². The first kappa shape index (κ1) is 18.0. The van der Waals surface area contributed by atoms with Gasteiger partial charge in [-0.3, -0.25) is 9.69 Å². The Balaban J connectivity index is 2.25. The number of carbonyl (C=O) groups is 1. The van der Waals surface area contributed by atoms with Crippen molar-refractivity contribution < 1.29 is 23.6 Å². The minimum Gasteiger partial charge on any atom is -0.480 e. The van der Waals surface area contributed by atoms with Crippen LogP contribution in [0.3, 0.4) is 0 Å². The normalized spacial score (nSPS) is 12.5. The smallest absolute Gasteiger partial charge is 0.325 e. The SMILES string of the molecule is CCN(Cc1nc(COC)no1)C(C(=O)O)c1ccc(F)c(C)c1. The van der Waals surface area contributed by atoms with Crippen LogP contribution in [0.2, 0.25) is 0 Å². The number of likely N-dealkylation sites (N-methyl/N-ethyl adjacent to an activating group) is 1. The van der Waals surface area contributed by atoms with Crippen molar-refractivity contribution in [2.45, 2.75) is 33.0 Å². The van der Waals surface area contributed by atoms with E-state index in [0.29, 0.717) is 29.4 Å². The van der Waals surface area contributed by atoms with E-state index >= 15 is 0 Å². The van der Waals surface area contributed by atoms with Gasteiger partial charge in [0, 0.05) is 7.11 Å². The first-order valence-corrected chi connectivity index (χ1v) is 7.49. The molecule has 0 aliphatic carbocycles. The minimum absolute atomic E-state index is 0.167. The Morgan fingerprint density at radius 1 is 1.50 bits per heavy atom. The Morgan fingerprint density at radius 2 is 2.25 bits per heavy atom. The number of aliphatic carboxylic acids is 1. The van der Waals surface area contributed by atoms with Gasteiger partial charge in [-0.15, -0.1) is 0 Å². The molecule has 1 unspecified atom stereocenters. The number of aromatic nitrogens is 2. The van der Waals surface area contributed by atoms with Gasteiger partial charge in [0.15, 0.2) is 5.82 Å². The summed E-state index contributed by atoms with van der Waals surface area (Å²) in [6.07, 6.45) is 0. The summed E-state index contributed by atoms with van der Waals surface area (Å²) in [5, 5.41) is 13.4. The highest BCUT2D eigenvalue weighted by atomic mass is 19.1. The van der Waals surface area contributed by atoms with Crippen molar-refractivity contribution in [1.29, 1.82) is 0 Å². The first-order valence-electron chi connectivity index (χ1n) is 7.49. The highest BCUT2D eigenvalue weighted by molar-refractivity contribution is 5.75. The second-order valence-electron chi connectivity index (χ2n) is 5.35. The lowest BCUT2D eigenvalue weighted by atomic mass is 10.0. The number of aryl methyl sites for hydroxylation is 1. The van der Waals surface area contributed by atoms with Crippen molar-refractivity contribution in [3.8, 4) is 0 Å². The lowest BCUT2D eigenvalue weighted by Crippen LogP contribution is -2.33. The maximum Gasteiger partial charge on any atom is 0.325 e. The van der Waals surface area contributed by atoms with Gasteiger partial charge in [0.2, 0.25) is 5.89 Å². The molecule has 0 fully saturated rings. The minimum atomic E-state index is -1.03. The predicted molar refractivity (Wildman–Crippen MR) is 82.6 cm³/mol. The number of hydrogen-bond acceptors (Lipinski definition) is 6. The Morgan fingerprint density at radius 3 is 2.83 bits per heavy atom. The highest BCUT2D eigenvalue weighted by Gasteiger charge is 2.28. The summed E-state index contributed by atoms with van der Waals surface area (Å²) in [7, 11) is 1.52. The quantitative estimate of drug-likeness (QED) is 0.790. The number of ether oxygens (including phenoxy) is 1. The van der Waals surface area contributed by atoms with Crippen LogP contribution < -0.4 is 0 Å². The summed E-state index contributed by atoms with van der Waals surface area (Å²) in [4.78, 5) is 17.6. The van der Waals surface area contributed by atoms with E-state index in [9.17, 15) is 14.3 Å². The van der Waals surface area contributed by atoms with Crippen molar-refractivity contribution in [1.82, 2.24) is 15.0 Å². The molecule has 1 N–H and O–H groups in total. The van der Waals surface area contributed by atoms with Gasteiger partial charge in [-0.2, -0.15) is 4.98 Å². The van der Waals surface area contributed by atoms with Gasteiger partial charge in [0.25, 0.3) is 0 Å². The molecule has 1 aromatic heterocycles. The van der Waals surface area contributed by atoms with Crippen LogP contribution in [0.1, 0.15) is 35.8 Å². The molecule has 2 aromatic rings. The molecule has 1 aromatic carbocycles. The van der Waals surface area contributed by atoms with E-state index in [1.54, 1.807) is 17.9 Å². The van der Waals surface area contributed by atoms with Crippen LogP contribution >= 0.6 is 0 Å². The molecule has 2 rings (SSSR count). The van der Waals surface area contributed by atoms with Crippen LogP contribution in [-0.4, -0.2) is 39.8 Å². The molecule has 0 bridgehead atoms. The monoisotopic (exact) mass is 337 g/mol. The van der Waals surface area contributed by atoms with Crippen molar-refractivity contribution in [3.05, 3.63) is 46.9 Å². The first-order chi connectivity index (χ1) is 11.5. The van der Waals surface area contributed by atoms with Crippen molar-refractivity contribution in [2.24, 2.45) is 0 Å². The fraction of sp³-hybridized carbons (Fsp3) is 0.438. The average molecular weight is 337 g/mol. The van der Waals surface area contributed by atoms with E-state index in [0.717, 1.165) is 0 Å². The zero-order chi connectivity index (χ0) is 17.7. The number of rotatable bonds is 8. The van der Waals surface area contributed by atoms with Crippen LogP contribution in [0.4, 0.5) is 4.39 Å². The molecule has 0 amide bonds. The van der Waals surface area contributed by atoms with Crippen molar-refractivity contribution in [2.75, 3.05) is 13.7 Å². The van der Waals surface area contributed by atoms with Crippen LogP contribution in [0.15, 0.2) is 22.7 Å². The van der Waals surface area contributed by atoms with Crippen LogP contribution in [-0.2, 0) is 22.7 Å². The molecule has 0 aliphatic rings. The molecular formula is C16H20FN3O4. The summed E-state index contributed by atoms with van der Waals surface area (Å²) in [6.45, 7) is 4.26. The predicted octanol–water partition coefficient (Wildman–Crippen LogP) is 2.31. The fourth-order valence-corrected chi connectivity index (χ4v) is 2.45. The summed E-state index contributed by atoms with van der Waals surface area (Å²) >= 11 is 0. The largest absolute Gasteiger partial charge is 0.480 e. The number of halogens is 1. The third kappa shape index (κ3) is 4.15. The summed E-state index contributed by atoms with van der Waals surface area (Å²) in [5.74, 6) is -0.700. The molecule has 0 spiro atoms. The van der Waals surface area contributed by atoms with E-state index in [4.69, 9.17) is 9.26 Å². The van der Waals surface area contributed by atoms with Crippen molar-refractivity contribution >= 4 is 5.97 Å². The van der Waals surface area contributed by atoms with Gasteiger partial charge < -0.3 is 14.4 Å². The van der Waals surface area contributed by atoms with Gasteiger partial charge in [-0.05, 0) is 30.7 Å². The molecule has 1 atom stereocenters. The number of carboxylic acids is 1. The number of hydrogen-bond donors (Lipinski definition) is 1. The topological polar surface area (TPSA) is 88.7 Å². The van der Waals surface area contributed by atoms with Gasteiger partial charge in [0.1, 0.15) is 18.5 Å². The standard InChI is InChI=1S/C16H20FN3O4/c1-4-20(8-14-18-13(9-23-3)19-24-14)15(16(21)22)11-5-6-12(17)10(2)7-11/h5-7,15H,4,8-9H2,1-3H3,(H,21,22). The molecule has 1 heterocycles. The molecule has 8 heteroatoms. The maximum absolute atomic E-state index is 13.5. The molecule has 7 nitrogen and oxygen atoms in total. The second kappa shape index (κ2) is 7.98. The van der Waals surface area contributed by atoms with Gasteiger partial charge in [0.05, 0.1) is 6.54 Å². The third-order valence-electron chi connectivity index (χ3n) is 3.62. The fourth-order valence-electron chi connectivity index (χ4n) is 2.45. The molecular weight excluding hydrogens is 317 g/mol. The van der Waals surface area contributed by atoms with Gasteiger partial charge in [-0.25, -0.2) is 4.39 Å². The van der Waals surface area contributed by atoms with Crippen molar-refractivity contribution in [3.63, 3.8) is 0 Å². The zero-order valence-corrected chi connectivity index (χ0v) is 13.8. The Kier molecular flexibility index (Phi) is 5.99. The Labute approximate surface area is 139 Å². The summed E-state index contributed by atoms with van der Waals surface area (Å²) < 4.78 is 23.5. The van der Waals surface area contributed by atoms with E-state index < -0.39 is 12.0 Å². The number of carboxylic acid groups (broad SMARTS) is 1. The molecule has 0 saturated heterocycles. The second-order valence-corrected chi connectivity index (χ2v) is 5.35.